The molecule has 0 bridgehead atoms. The van der Waals surface area contributed by atoms with Crippen LogP contribution in [0.2, 0.25) is 0 Å². The van der Waals surface area contributed by atoms with E-state index in [0.717, 1.165) is 0 Å². The van der Waals surface area contributed by atoms with Gasteiger partial charge in [0.2, 0.25) is 0 Å². The lowest BCUT2D eigenvalue weighted by molar-refractivity contribution is -0.136. The van der Waals surface area contributed by atoms with Crippen LogP contribution in [0.1, 0.15) is 23.4 Å². The lowest BCUT2D eigenvalue weighted by Gasteiger charge is -2.06. The number of aliphatic carboxylic acids is 1. The van der Waals surface area contributed by atoms with E-state index in [-0.39, 0.29) is 12.2 Å². The SMILES string of the molecule is CC(=O)C(Cl)c1ccc(CC(=O)O)cc1. The second kappa shape index (κ2) is 4.94. The first-order valence-electron chi connectivity index (χ1n) is 4.46. The number of ketones is 1. The zero-order chi connectivity index (χ0) is 11.4. The zero-order valence-electron chi connectivity index (χ0n) is 8.24. The first-order valence-corrected chi connectivity index (χ1v) is 4.89. The number of hydrogen-bond donors (Lipinski definition) is 1. The van der Waals surface area contributed by atoms with Gasteiger partial charge in [0.1, 0.15) is 5.38 Å². The fourth-order valence-corrected chi connectivity index (χ4v) is 1.36. The Hall–Kier alpha value is -1.35. The number of carboxylic acid groups (broad SMARTS) is 1. The molecule has 0 saturated carbocycles. The number of carbonyl (C=O) groups is 2. The van der Waals surface area contributed by atoms with Crippen molar-refractivity contribution in [3.05, 3.63) is 35.4 Å². The molecule has 0 spiro atoms. The highest BCUT2D eigenvalue weighted by Gasteiger charge is 2.12. The molecule has 0 fully saturated rings. The van der Waals surface area contributed by atoms with Gasteiger partial charge >= 0.3 is 5.97 Å². The number of benzene rings is 1. The van der Waals surface area contributed by atoms with Crippen molar-refractivity contribution in [1.82, 2.24) is 0 Å². The summed E-state index contributed by atoms with van der Waals surface area (Å²) in [6.45, 7) is 1.42. The molecule has 0 amide bonds. The van der Waals surface area contributed by atoms with Crippen molar-refractivity contribution >= 4 is 23.4 Å². The summed E-state index contributed by atoms with van der Waals surface area (Å²) in [6.07, 6.45) is -0.0205. The van der Waals surface area contributed by atoms with Gasteiger partial charge in [-0.25, -0.2) is 0 Å². The van der Waals surface area contributed by atoms with Crippen LogP contribution in [0.4, 0.5) is 0 Å². The van der Waals surface area contributed by atoms with Crippen molar-refractivity contribution in [3.8, 4) is 0 Å². The molecule has 0 aliphatic carbocycles. The predicted molar refractivity (Wildman–Crippen MR) is 57.1 cm³/mol. The molecular weight excluding hydrogens is 216 g/mol. The van der Waals surface area contributed by atoms with Gasteiger partial charge in [-0.05, 0) is 18.1 Å². The number of Topliss-reactive ketones (excluding diaryl/α,β-unsaturated/α-hetero) is 1. The van der Waals surface area contributed by atoms with Gasteiger partial charge in [-0.3, -0.25) is 9.59 Å². The van der Waals surface area contributed by atoms with Crippen molar-refractivity contribution in [2.24, 2.45) is 0 Å². The Bertz CT molecular complexity index is 370. The summed E-state index contributed by atoms with van der Waals surface area (Å²) < 4.78 is 0. The molecule has 0 saturated heterocycles. The van der Waals surface area contributed by atoms with E-state index >= 15 is 0 Å². The first-order chi connectivity index (χ1) is 7.00. The van der Waals surface area contributed by atoms with Crippen LogP contribution in [0.15, 0.2) is 24.3 Å². The van der Waals surface area contributed by atoms with Crippen LogP contribution in [-0.2, 0) is 16.0 Å². The highest BCUT2D eigenvalue weighted by atomic mass is 35.5. The van der Waals surface area contributed by atoms with Gasteiger partial charge in [0, 0.05) is 0 Å². The molecule has 3 nitrogen and oxygen atoms in total. The van der Waals surface area contributed by atoms with Gasteiger partial charge in [0.15, 0.2) is 5.78 Å². The van der Waals surface area contributed by atoms with Crippen LogP contribution >= 0.6 is 11.6 Å². The maximum Gasteiger partial charge on any atom is 0.307 e. The monoisotopic (exact) mass is 226 g/mol. The molecule has 0 aromatic heterocycles. The highest BCUT2D eigenvalue weighted by molar-refractivity contribution is 6.30. The smallest absolute Gasteiger partial charge is 0.307 e. The van der Waals surface area contributed by atoms with E-state index in [1.807, 2.05) is 0 Å². The minimum absolute atomic E-state index is 0.0205. The molecule has 0 aliphatic heterocycles. The number of carboxylic acids is 1. The van der Waals surface area contributed by atoms with E-state index in [1.165, 1.54) is 6.92 Å². The van der Waals surface area contributed by atoms with E-state index in [2.05, 4.69) is 0 Å². The molecule has 1 unspecified atom stereocenters. The van der Waals surface area contributed by atoms with Crippen molar-refractivity contribution in [2.45, 2.75) is 18.7 Å². The van der Waals surface area contributed by atoms with E-state index in [9.17, 15) is 9.59 Å². The summed E-state index contributed by atoms with van der Waals surface area (Å²) in [5, 5.41) is 7.90. The van der Waals surface area contributed by atoms with Gasteiger partial charge in [0.25, 0.3) is 0 Å². The lowest BCUT2D eigenvalue weighted by Crippen LogP contribution is -2.03. The third-order valence-corrected chi connectivity index (χ3v) is 2.54. The van der Waals surface area contributed by atoms with E-state index < -0.39 is 11.3 Å². The maximum absolute atomic E-state index is 11.0. The molecule has 0 heterocycles. The number of rotatable bonds is 4. The average molecular weight is 227 g/mol. The molecule has 1 aromatic rings. The number of hydrogen-bond acceptors (Lipinski definition) is 2. The van der Waals surface area contributed by atoms with Gasteiger partial charge in [0.05, 0.1) is 6.42 Å². The third kappa shape index (κ3) is 3.36. The molecular formula is C11H11ClO3. The molecule has 0 aliphatic rings. The third-order valence-electron chi connectivity index (χ3n) is 1.98. The molecule has 80 valence electrons. The molecule has 1 aromatic carbocycles. The first kappa shape index (κ1) is 11.7. The zero-order valence-corrected chi connectivity index (χ0v) is 8.99. The Morgan fingerprint density at radius 1 is 1.33 bits per heavy atom. The summed E-state index contributed by atoms with van der Waals surface area (Å²) in [5.41, 5.74) is 1.39. The Labute approximate surface area is 92.7 Å². The Kier molecular flexibility index (Phi) is 3.86. The van der Waals surface area contributed by atoms with Gasteiger partial charge in [-0.15, -0.1) is 11.6 Å². The normalized spacial score (nSPS) is 12.1. The van der Waals surface area contributed by atoms with Crippen LogP contribution < -0.4 is 0 Å². The minimum atomic E-state index is -0.878. The molecule has 4 heteroatoms. The van der Waals surface area contributed by atoms with Gasteiger partial charge in [-0.1, -0.05) is 24.3 Å². The fraction of sp³-hybridized carbons (Fsp3) is 0.273. The summed E-state index contributed by atoms with van der Waals surface area (Å²) in [4.78, 5) is 21.4. The van der Waals surface area contributed by atoms with Crippen LogP contribution in [0.5, 0.6) is 0 Å². The van der Waals surface area contributed by atoms with E-state index in [1.54, 1.807) is 24.3 Å². The van der Waals surface area contributed by atoms with Crippen LogP contribution in [0.25, 0.3) is 0 Å². The van der Waals surface area contributed by atoms with Crippen molar-refractivity contribution in [2.75, 3.05) is 0 Å². The minimum Gasteiger partial charge on any atom is -0.481 e. The topological polar surface area (TPSA) is 54.4 Å². The number of carbonyl (C=O) groups excluding carboxylic acids is 1. The molecule has 1 atom stereocenters. The van der Waals surface area contributed by atoms with Gasteiger partial charge in [-0.2, -0.15) is 0 Å². The number of alkyl halides is 1. The van der Waals surface area contributed by atoms with Crippen LogP contribution in [0.3, 0.4) is 0 Å². The summed E-state index contributed by atoms with van der Waals surface area (Å²) in [7, 11) is 0. The van der Waals surface area contributed by atoms with Crippen molar-refractivity contribution in [1.29, 1.82) is 0 Å². The van der Waals surface area contributed by atoms with Crippen molar-refractivity contribution in [3.63, 3.8) is 0 Å². The van der Waals surface area contributed by atoms with Crippen LogP contribution in [0, 0.1) is 0 Å². The standard InChI is InChI=1S/C11H11ClO3/c1-7(13)11(12)9-4-2-8(3-5-9)6-10(14)15/h2-5,11H,6H2,1H3,(H,14,15). The summed E-state index contributed by atoms with van der Waals surface area (Å²) in [5.74, 6) is -1.00. The van der Waals surface area contributed by atoms with Crippen LogP contribution in [-0.4, -0.2) is 16.9 Å². The molecule has 1 N–H and O–H groups in total. The van der Waals surface area contributed by atoms with Crippen molar-refractivity contribution < 1.29 is 14.7 Å². The summed E-state index contributed by atoms with van der Waals surface area (Å²) in [6, 6.07) is 6.69. The lowest BCUT2D eigenvalue weighted by atomic mass is 10.1. The molecule has 15 heavy (non-hydrogen) atoms. The largest absolute Gasteiger partial charge is 0.481 e. The highest BCUT2D eigenvalue weighted by Crippen LogP contribution is 2.21. The molecule has 0 radical (unpaired) electrons. The Morgan fingerprint density at radius 2 is 1.87 bits per heavy atom. The summed E-state index contributed by atoms with van der Waals surface area (Å²) >= 11 is 5.83. The second-order valence-electron chi connectivity index (χ2n) is 3.29. The fourth-order valence-electron chi connectivity index (χ4n) is 1.21. The van der Waals surface area contributed by atoms with Gasteiger partial charge < -0.3 is 5.11 Å². The average Bonchev–Trinajstić information content (AvgIpc) is 2.17. The second-order valence-corrected chi connectivity index (χ2v) is 3.72. The Morgan fingerprint density at radius 3 is 2.27 bits per heavy atom. The molecule has 1 rings (SSSR count). The number of halogens is 1. The van der Waals surface area contributed by atoms with E-state index in [0.29, 0.717) is 11.1 Å². The maximum atomic E-state index is 11.0. The Balaban J connectivity index is 2.80. The quantitative estimate of drug-likeness (QED) is 0.801. The predicted octanol–water partition coefficient (Wildman–Crippen LogP) is 2.18. The van der Waals surface area contributed by atoms with E-state index in [4.69, 9.17) is 16.7 Å².